The number of nitrogens with zero attached hydrogens (tertiary/aromatic N) is 1. The van der Waals surface area contributed by atoms with Crippen LogP contribution in [0.15, 0.2) is 18.2 Å². The Balaban J connectivity index is 2.23. The average Bonchev–Trinajstić information content (AvgIpc) is 2.53. The number of piperidine rings is 1. The molecular weight excluding hydrogens is 254 g/mol. The number of nitrogens with two attached hydrogens (primary N) is 1. The van der Waals surface area contributed by atoms with Gasteiger partial charge in [-0.15, -0.1) is 0 Å². The zero-order valence-corrected chi connectivity index (χ0v) is 12.2. The van der Waals surface area contributed by atoms with E-state index in [1.54, 1.807) is 14.2 Å². The van der Waals surface area contributed by atoms with Gasteiger partial charge in [-0.25, -0.2) is 0 Å². The van der Waals surface area contributed by atoms with E-state index >= 15 is 0 Å². The lowest BCUT2D eigenvalue weighted by Gasteiger charge is -2.34. The van der Waals surface area contributed by atoms with Crippen molar-refractivity contribution in [2.45, 2.75) is 19.4 Å². The van der Waals surface area contributed by atoms with Crippen molar-refractivity contribution in [3.63, 3.8) is 0 Å². The standard InChI is InChI=1S/C15H23N3O2/c1-17-15(19)12-4-3-7-18(10-12)14-8-13(20-2)6-5-11(14)9-16/h5-6,8,12H,3-4,7,9-10,16H2,1-2H3,(H,17,19). The van der Waals surface area contributed by atoms with Crippen molar-refractivity contribution in [3.05, 3.63) is 23.8 Å². The van der Waals surface area contributed by atoms with Gasteiger partial charge in [-0.1, -0.05) is 6.07 Å². The van der Waals surface area contributed by atoms with Gasteiger partial charge in [0.1, 0.15) is 5.75 Å². The number of hydrogen-bond acceptors (Lipinski definition) is 4. The Morgan fingerprint density at radius 3 is 3.00 bits per heavy atom. The molecule has 0 radical (unpaired) electrons. The van der Waals surface area contributed by atoms with Gasteiger partial charge in [-0.2, -0.15) is 0 Å². The molecule has 3 N–H and O–H groups in total. The molecule has 1 aromatic carbocycles. The largest absolute Gasteiger partial charge is 0.497 e. The molecule has 1 aromatic rings. The van der Waals surface area contributed by atoms with E-state index in [1.807, 2.05) is 18.2 Å². The Morgan fingerprint density at radius 1 is 1.55 bits per heavy atom. The minimum absolute atomic E-state index is 0.0468. The molecule has 0 aliphatic carbocycles. The SMILES string of the molecule is CNC(=O)C1CCCN(c2cc(OC)ccc2CN)C1. The van der Waals surface area contributed by atoms with E-state index in [0.717, 1.165) is 42.9 Å². The quantitative estimate of drug-likeness (QED) is 0.865. The van der Waals surface area contributed by atoms with Crippen LogP contribution in [-0.4, -0.2) is 33.2 Å². The van der Waals surface area contributed by atoms with Crippen LogP contribution in [0, 0.1) is 5.92 Å². The highest BCUT2D eigenvalue weighted by Gasteiger charge is 2.26. The highest BCUT2D eigenvalue weighted by Crippen LogP contribution is 2.29. The first-order valence-corrected chi connectivity index (χ1v) is 7.03. The Bertz CT molecular complexity index is 476. The van der Waals surface area contributed by atoms with E-state index in [9.17, 15) is 4.79 Å². The van der Waals surface area contributed by atoms with Gasteiger partial charge in [0.25, 0.3) is 0 Å². The van der Waals surface area contributed by atoms with Crippen LogP contribution in [0.5, 0.6) is 5.75 Å². The van der Waals surface area contributed by atoms with Gasteiger partial charge in [0.15, 0.2) is 0 Å². The van der Waals surface area contributed by atoms with Crippen molar-refractivity contribution < 1.29 is 9.53 Å². The Hall–Kier alpha value is -1.75. The van der Waals surface area contributed by atoms with Gasteiger partial charge in [-0.3, -0.25) is 4.79 Å². The summed E-state index contributed by atoms with van der Waals surface area (Å²) < 4.78 is 5.29. The monoisotopic (exact) mass is 277 g/mol. The third kappa shape index (κ3) is 3.04. The highest BCUT2D eigenvalue weighted by molar-refractivity contribution is 5.79. The van der Waals surface area contributed by atoms with E-state index in [2.05, 4.69) is 10.2 Å². The van der Waals surface area contributed by atoms with Gasteiger partial charge >= 0.3 is 0 Å². The van der Waals surface area contributed by atoms with E-state index < -0.39 is 0 Å². The predicted octanol–water partition coefficient (Wildman–Crippen LogP) is 1.12. The molecule has 1 heterocycles. The summed E-state index contributed by atoms with van der Waals surface area (Å²) in [5, 5.41) is 2.74. The molecule has 5 heteroatoms. The van der Waals surface area contributed by atoms with Crippen LogP contribution in [0.4, 0.5) is 5.69 Å². The van der Waals surface area contributed by atoms with E-state index in [4.69, 9.17) is 10.5 Å². The second kappa shape index (κ2) is 6.61. The van der Waals surface area contributed by atoms with Crippen molar-refractivity contribution in [2.75, 3.05) is 32.1 Å². The molecule has 1 unspecified atom stereocenters. The second-order valence-corrected chi connectivity index (χ2v) is 5.10. The number of anilines is 1. The number of carbonyl (C=O) groups excluding carboxylic acids is 1. The van der Waals surface area contributed by atoms with Gasteiger partial charge < -0.3 is 20.7 Å². The fraction of sp³-hybridized carbons (Fsp3) is 0.533. The summed E-state index contributed by atoms with van der Waals surface area (Å²) in [5.41, 5.74) is 7.99. The van der Waals surface area contributed by atoms with Crippen LogP contribution in [-0.2, 0) is 11.3 Å². The van der Waals surface area contributed by atoms with Crippen molar-refractivity contribution in [1.82, 2.24) is 5.32 Å². The summed E-state index contributed by atoms with van der Waals surface area (Å²) >= 11 is 0. The maximum absolute atomic E-state index is 11.8. The molecular formula is C15H23N3O2. The van der Waals surface area contributed by atoms with Gasteiger partial charge in [0, 0.05) is 38.4 Å². The van der Waals surface area contributed by atoms with Gasteiger partial charge in [-0.05, 0) is 24.5 Å². The molecule has 1 fully saturated rings. The molecule has 1 aliphatic rings. The van der Waals surface area contributed by atoms with Crippen LogP contribution >= 0.6 is 0 Å². The highest BCUT2D eigenvalue weighted by atomic mass is 16.5. The summed E-state index contributed by atoms with van der Waals surface area (Å²) in [5.74, 6) is 0.983. The molecule has 0 saturated carbocycles. The minimum Gasteiger partial charge on any atom is -0.497 e. The molecule has 2 rings (SSSR count). The first kappa shape index (κ1) is 14.7. The lowest BCUT2D eigenvalue weighted by atomic mass is 9.96. The molecule has 1 amide bonds. The number of benzene rings is 1. The first-order valence-electron chi connectivity index (χ1n) is 7.03. The van der Waals surface area contributed by atoms with Crippen LogP contribution in [0.2, 0.25) is 0 Å². The molecule has 5 nitrogen and oxygen atoms in total. The van der Waals surface area contributed by atoms with Crippen molar-refractivity contribution >= 4 is 11.6 Å². The van der Waals surface area contributed by atoms with Crippen LogP contribution in [0.1, 0.15) is 18.4 Å². The molecule has 1 aliphatic heterocycles. The van der Waals surface area contributed by atoms with Crippen molar-refractivity contribution in [1.29, 1.82) is 0 Å². The fourth-order valence-electron chi connectivity index (χ4n) is 2.75. The molecule has 1 saturated heterocycles. The number of methoxy groups -OCH3 is 1. The van der Waals surface area contributed by atoms with Gasteiger partial charge in [0.2, 0.25) is 5.91 Å². The predicted molar refractivity (Wildman–Crippen MR) is 79.9 cm³/mol. The van der Waals surface area contributed by atoms with Crippen molar-refractivity contribution in [3.8, 4) is 5.75 Å². The third-order valence-corrected chi connectivity index (χ3v) is 3.89. The normalized spacial score (nSPS) is 18.8. The smallest absolute Gasteiger partial charge is 0.224 e. The second-order valence-electron chi connectivity index (χ2n) is 5.10. The zero-order chi connectivity index (χ0) is 14.5. The maximum atomic E-state index is 11.8. The number of rotatable bonds is 4. The van der Waals surface area contributed by atoms with E-state index in [1.165, 1.54) is 0 Å². The molecule has 0 aromatic heterocycles. The maximum Gasteiger partial charge on any atom is 0.224 e. The molecule has 0 bridgehead atoms. The lowest BCUT2D eigenvalue weighted by molar-refractivity contribution is -0.124. The van der Waals surface area contributed by atoms with E-state index in [0.29, 0.717) is 6.54 Å². The minimum atomic E-state index is 0.0468. The summed E-state index contributed by atoms with van der Waals surface area (Å²) in [6.07, 6.45) is 1.96. The Morgan fingerprint density at radius 2 is 2.35 bits per heavy atom. The summed E-state index contributed by atoms with van der Waals surface area (Å²) in [7, 11) is 3.35. The van der Waals surface area contributed by atoms with Crippen LogP contribution in [0.3, 0.4) is 0 Å². The number of hydrogen-bond donors (Lipinski definition) is 2. The molecule has 0 spiro atoms. The Labute approximate surface area is 120 Å². The first-order chi connectivity index (χ1) is 9.69. The summed E-state index contributed by atoms with van der Waals surface area (Å²) in [4.78, 5) is 14.1. The number of ether oxygens (including phenoxy) is 1. The van der Waals surface area contributed by atoms with Crippen molar-refractivity contribution in [2.24, 2.45) is 11.7 Å². The zero-order valence-electron chi connectivity index (χ0n) is 12.2. The van der Waals surface area contributed by atoms with Crippen LogP contribution < -0.4 is 20.7 Å². The number of amides is 1. The van der Waals surface area contributed by atoms with Gasteiger partial charge in [0.05, 0.1) is 13.0 Å². The number of nitrogens with one attached hydrogen (secondary N) is 1. The Kier molecular flexibility index (Phi) is 4.84. The summed E-state index contributed by atoms with van der Waals surface area (Å²) in [6.45, 7) is 2.17. The summed E-state index contributed by atoms with van der Waals surface area (Å²) in [6, 6.07) is 5.93. The number of carbonyl (C=O) groups is 1. The van der Waals surface area contributed by atoms with E-state index in [-0.39, 0.29) is 11.8 Å². The molecule has 1 atom stereocenters. The average molecular weight is 277 g/mol. The topological polar surface area (TPSA) is 67.6 Å². The third-order valence-electron chi connectivity index (χ3n) is 3.89. The van der Waals surface area contributed by atoms with Crippen LogP contribution in [0.25, 0.3) is 0 Å². The molecule has 110 valence electrons. The fourth-order valence-corrected chi connectivity index (χ4v) is 2.75. The lowest BCUT2D eigenvalue weighted by Crippen LogP contribution is -2.42. The molecule has 20 heavy (non-hydrogen) atoms.